The van der Waals surface area contributed by atoms with Crippen LogP contribution in [0.3, 0.4) is 0 Å². The van der Waals surface area contributed by atoms with Gasteiger partial charge in [0.1, 0.15) is 11.5 Å². The van der Waals surface area contributed by atoms with Crippen LogP contribution in [-0.2, 0) is 12.8 Å². The van der Waals surface area contributed by atoms with Gasteiger partial charge in [-0.2, -0.15) is 0 Å². The summed E-state index contributed by atoms with van der Waals surface area (Å²) in [5, 5.41) is 1.65. The molecule has 5 heteroatoms. The number of anilines is 1. The number of hydrogen-bond donors (Lipinski definition) is 1. The molecular formula is C18H16Cl2N2O. The summed E-state index contributed by atoms with van der Waals surface area (Å²) in [6.45, 7) is 0. The zero-order valence-electron chi connectivity index (χ0n) is 12.4. The molecule has 2 aromatic carbocycles. The molecule has 0 bridgehead atoms. The zero-order valence-corrected chi connectivity index (χ0v) is 14.0. The summed E-state index contributed by atoms with van der Waals surface area (Å²) in [6.07, 6.45) is 3.18. The fourth-order valence-electron chi connectivity index (χ4n) is 2.98. The molecular weight excluding hydrogens is 331 g/mol. The fraction of sp³-hybridized carbons (Fsp3) is 0.167. The van der Waals surface area contributed by atoms with Crippen molar-refractivity contribution in [3.8, 4) is 11.5 Å². The molecule has 0 spiro atoms. The Hall–Kier alpha value is -1.97. The highest BCUT2D eigenvalue weighted by Crippen LogP contribution is 2.34. The quantitative estimate of drug-likeness (QED) is 0.695. The average Bonchev–Trinajstić information content (AvgIpc) is 2.99. The third kappa shape index (κ3) is 2.94. The molecule has 2 N–H and O–H groups in total. The summed E-state index contributed by atoms with van der Waals surface area (Å²) < 4.78 is 5.87. The van der Waals surface area contributed by atoms with Crippen LogP contribution in [-0.4, -0.2) is 4.98 Å². The number of pyridine rings is 1. The number of nitrogen functional groups attached to an aromatic ring is 1. The van der Waals surface area contributed by atoms with Crippen LogP contribution in [0.1, 0.15) is 17.7 Å². The van der Waals surface area contributed by atoms with Gasteiger partial charge in [-0.1, -0.05) is 11.6 Å². The largest absolute Gasteiger partial charge is 0.457 e. The molecule has 118 valence electrons. The Kier molecular flexibility index (Phi) is 4.33. The van der Waals surface area contributed by atoms with Crippen molar-refractivity contribution >= 4 is 40.6 Å². The van der Waals surface area contributed by atoms with E-state index in [0.29, 0.717) is 5.02 Å². The molecule has 1 aliphatic rings. The highest BCUT2D eigenvalue weighted by Gasteiger charge is 2.18. The predicted molar refractivity (Wildman–Crippen MR) is 97.0 cm³/mol. The number of nitrogens with two attached hydrogens (primary N) is 1. The van der Waals surface area contributed by atoms with E-state index in [1.807, 2.05) is 30.3 Å². The van der Waals surface area contributed by atoms with E-state index in [1.54, 1.807) is 12.1 Å². The number of aromatic nitrogens is 1. The minimum atomic E-state index is 0. The van der Waals surface area contributed by atoms with Gasteiger partial charge in [-0.05, 0) is 67.3 Å². The molecule has 0 fully saturated rings. The molecule has 0 unspecified atom stereocenters. The van der Waals surface area contributed by atoms with Crippen molar-refractivity contribution in [1.29, 1.82) is 0 Å². The maximum absolute atomic E-state index is 6.34. The molecule has 0 radical (unpaired) electrons. The standard InChI is InChI=1S/C18H15ClN2O.ClH/c19-11-4-6-12(7-5-11)22-13-8-9-17-15(10-13)18(20)14-2-1-3-16(14)21-17;/h4-10H,1-3H2,(H2,20,21);1H. The van der Waals surface area contributed by atoms with Crippen LogP contribution >= 0.6 is 24.0 Å². The number of hydrogen-bond acceptors (Lipinski definition) is 3. The van der Waals surface area contributed by atoms with Crippen LogP contribution in [0.2, 0.25) is 5.02 Å². The third-order valence-corrected chi connectivity index (χ3v) is 4.33. The average molecular weight is 347 g/mol. The normalized spacial score (nSPS) is 12.7. The molecule has 4 rings (SSSR count). The van der Waals surface area contributed by atoms with Crippen molar-refractivity contribution in [3.63, 3.8) is 0 Å². The van der Waals surface area contributed by atoms with Crippen molar-refractivity contribution in [2.75, 3.05) is 5.73 Å². The third-order valence-electron chi connectivity index (χ3n) is 4.08. The van der Waals surface area contributed by atoms with Crippen LogP contribution in [0.4, 0.5) is 5.69 Å². The molecule has 1 heterocycles. The van der Waals surface area contributed by atoms with Crippen molar-refractivity contribution in [1.82, 2.24) is 4.98 Å². The first kappa shape index (κ1) is 15.9. The minimum absolute atomic E-state index is 0. The van der Waals surface area contributed by atoms with E-state index >= 15 is 0 Å². The van der Waals surface area contributed by atoms with E-state index in [0.717, 1.165) is 53.0 Å². The van der Waals surface area contributed by atoms with Crippen LogP contribution in [0.25, 0.3) is 10.9 Å². The molecule has 3 nitrogen and oxygen atoms in total. The Labute approximate surface area is 145 Å². The number of halogens is 2. The molecule has 0 saturated carbocycles. The number of aryl methyl sites for hydroxylation is 1. The van der Waals surface area contributed by atoms with Gasteiger partial charge in [0.15, 0.2) is 0 Å². The lowest BCUT2D eigenvalue weighted by molar-refractivity contribution is 0.483. The summed E-state index contributed by atoms with van der Waals surface area (Å²) in [6, 6.07) is 13.2. The molecule has 0 amide bonds. The van der Waals surface area contributed by atoms with Crippen LogP contribution in [0.15, 0.2) is 42.5 Å². The van der Waals surface area contributed by atoms with Gasteiger partial charge < -0.3 is 10.5 Å². The van der Waals surface area contributed by atoms with Crippen molar-refractivity contribution < 1.29 is 4.74 Å². The second kappa shape index (κ2) is 6.26. The van der Waals surface area contributed by atoms with Crippen LogP contribution in [0.5, 0.6) is 11.5 Å². The Morgan fingerprint density at radius 2 is 1.74 bits per heavy atom. The molecule has 0 aliphatic heterocycles. The summed E-state index contributed by atoms with van der Waals surface area (Å²) in [5.74, 6) is 1.50. The van der Waals surface area contributed by atoms with Gasteiger partial charge in [0.25, 0.3) is 0 Å². The maximum Gasteiger partial charge on any atom is 0.128 e. The summed E-state index contributed by atoms with van der Waals surface area (Å²) in [7, 11) is 0. The second-order valence-corrected chi connectivity index (χ2v) is 5.98. The van der Waals surface area contributed by atoms with Crippen LogP contribution in [0, 0.1) is 0 Å². The monoisotopic (exact) mass is 346 g/mol. The number of ether oxygens (including phenoxy) is 1. The highest BCUT2D eigenvalue weighted by atomic mass is 35.5. The first-order chi connectivity index (χ1) is 10.7. The van der Waals surface area contributed by atoms with E-state index in [9.17, 15) is 0 Å². The van der Waals surface area contributed by atoms with E-state index < -0.39 is 0 Å². The highest BCUT2D eigenvalue weighted by molar-refractivity contribution is 6.30. The van der Waals surface area contributed by atoms with Gasteiger partial charge in [0.05, 0.1) is 5.52 Å². The number of nitrogens with zero attached hydrogens (tertiary/aromatic N) is 1. The molecule has 1 aliphatic carbocycles. The lowest BCUT2D eigenvalue weighted by Gasteiger charge is -2.11. The van der Waals surface area contributed by atoms with E-state index in [2.05, 4.69) is 0 Å². The van der Waals surface area contributed by atoms with Gasteiger partial charge >= 0.3 is 0 Å². The molecule has 0 atom stereocenters. The number of rotatable bonds is 2. The summed E-state index contributed by atoms with van der Waals surface area (Å²) >= 11 is 5.89. The smallest absolute Gasteiger partial charge is 0.128 e. The van der Waals surface area contributed by atoms with Crippen molar-refractivity contribution in [2.45, 2.75) is 19.3 Å². The van der Waals surface area contributed by atoms with Crippen molar-refractivity contribution in [3.05, 3.63) is 58.7 Å². The van der Waals surface area contributed by atoms with Gasteiger partial charge in [-0.3, -0.25) is 4.98 Å². The molecule has 1 aromatic heterocycles. The van der Waals surface area contributed by atoms with E-state index in [-0.39, 0.29) is 12.4 Å². The van der Waals surface area contributed by atoms with Gasteiger partial charge in [-0.15, -0.1) is 12.4 Å². The van der Waals surface area contributed by atoms with Gasteiger partial charge in [0.2, 0.25) is 0 Å². The Bertz CT molecular complexity index is 863. The minimum Gasteiger partial charge on any atom is -0.457 e. The lowest BCUT2D eigenvalue weighted by atomic mass is 10.1. The first-order valence-electron chi connectivity index (χ1n) is 7.35. The molecule has 3 aromatic rings. The SMILES string of the molecule is Cl.Nc1c2c(nc3ccc(Oc4ccc(Cl)cc4)cc13)CCC2. The van der Waals surface area contributed by atoms with Gasteiger partial charge in [0, 0.05) is 21.8 Å². The number of benzene rings is 2. The molecule has 23 heavy (non-hydrogen) atoms. The predicted octanol–water partition coefficient (Wildman–Crippen LogP) is 5.17. The Morgan fingerprint density at radius 1 is 1.00 bits per heavy atom. The lowest BCUT2D eigenvalue weighted by Crippen LogP contribution is -1.98. The van der Waals surface area contributed by atoms with Crippen LogP contribution < -0.4 is 10.5 Å². The van der Waals surface area contributed by atoms with E-state index in [4.69, 9.17) is 27.1 Å². The first-order valence-corrected chi connectivity index (χ1v) is 7.73. The van der Waals surface area contributed by atoms with Gasteiger partial charge in [-0.25, -0.2) is 0 Å². The second-order valence-electron chi connectivity index (χ2n) is 5.54. The van der Waals surface area contributed by atoms with Crippen molar-refractivity contribution in [2.24, 2.45) is 0 Å². The summed E-state index contributed by atoms with van der Waals surface area (Å²) in [4.78, 5) is 4.72. The fourth-order valence-corrected chi connectivity index (χ4v) is 3.11. The number of fused-ring (bicyclic) bond motifs is 2. The Balaban J connectivity index is 0.00000156. The van der Waals surface area contributed by atoms with E-state index in [1.165, 1.54) is 5.56 Å². The topological polar surface area (TPSA) is 48.1 Å². The zero-order chi connectivity index (χ0) is 15.1. The maximum atomic E-state index is 6.34. The Morgan fingerprint density at radius 3 is 2.52 bits per heavy atom. The summed E-state index contributed by atoms with van der Waals surface area (Å²) in [5.41, 5.74) is 10.5. The molecule has 0 saturated heterocycles.